The van der Waals surface area contributed by atoms with Gasteiger partial charge in [-0.25, -0.2) is 0 Å². The Hall–Kier alpha value is -5.48. The fraction of sp³-hybridized carbons (Fsp3) is 0. The lowest BCUT2D eigenvalue weighted by Gasteiger charge is -2.28. The fourth-order valence-corrected chi connectivity index (χ4v) is 5.90. The molecule has 0 aliphatic rings. The molecule has 8 rings (SSSR count). The molecule has 40 heavy (non-hydrogen) atoms. The largest absolute Gasteiger partial charge is 0.448 e. The third-order valence-corrected chi connectivity index (χ3v) is 7.54. The van der Waals surface area contributed by atoms with Gasteiger partial charge in [-0.05, 0) is 70.1 Å². The van der Waals surface area contributed by atoms with E-state index in [-0.39, 0.29) is 0 Å². The van der Waals surface area contributed by atoms with Gasteiger partial charge in [-0.1, -0.05) is 72.8 Å². The monoisotopic (exact) mass is 516 g/mol. The van der Waals surface area contributed by atoms with Gasteiger partial charge < -0.3 is 8.83 Å². The van der Waals surface area contributed by atoms with Crippen molar-refractivity contribution in [2.75, 3.05) is 9.80 Å². The van der Waals surface area contributed by atoms with Crippen molar-refractivity contribution in [1.29, 1.82) is 0 Å². The summed E-state index contributed by atoms with van der Waals surface area (Å²) in [4.78, 5) is 4.40. The zero-order valence-electron chi connectivity index (χ0n) is 21.6. The second kappa shape index (κ2) is 9.07. The Labute approximate surface area is 231 Å². The molecule has 0 unspecified atom stereocenters. The Morgan fingerprint density at radius 3 is 1.25 bits per heavy atom. The lowest BCUT2D eigenvalue weighted by Crippen LogP contribution is -2.11. The minimum Gasteiger partial charge on any atom is -0.448 e. The van der Waals surface area contributed by atoms with E-state index in [0.717, 1.165) is 56.1 Å². The summed E-state index contributed by atoms with van der Waals surface area (Å²) < 4.78 is 11.9. The smallest absolute Gasteiger partial charge is 0.204 e. The van der Waals surface area contributed by atoms with Crippen LogP contribution < -0.4 is 9.80 Å². The van der Waals surface area contributed by atoms with Gasteiger partial charge in [0, 0.05) is 34.3 Å². The molecule has 0 spiro atoms. The van der Waals surface area contributed by atoms with Gasteiger partial charge in [-0.2, -0.15) is 0 Å². The summed E-state index contributed by atoms with van der Waals surface area (Å²) in [5.41, 5.74) is 4.23. The zero-order valence-corrected chi connectivity index (χ0v) is 21.6. The highest BCUT2D eigenvalue weighted by molar-refractivity contribution is 6.29. The van der Waals surface area contributed by atoms with E-state index in [1.54, 1.807) is 12.5 Å². The van der Waals surface area contributed by atoms with Crippen LogP contribution in [0.25, 0.3) is 32.3 Å². The molecule has 0 N–H and O–H groups in total. The van der Waals surface area contributed by atoms with Gasteiger partial charge in [0.1, 0.15) is 0 Å². The van der Waals surface area contributed by atoms with Crippen LogP contribution in [0, 0.1) is 0 Å². The molecule has 0 fully saturated rings. The maximum Gasteiger partial charge on any atom is 0.204 e. The summed E-state index contributed by atoms with van der Waals surface area (Å²) in [6, 6.07) is 46.3. The molecule has 0 radical (unpaired) electrons. The van der Waals surface area contributed by atoms with Gasteiger partial charge in [0.15, 0.2) is 0 Å². The van der Waals surface area contributed by atoms with Crippen LogP contribution in [0.1, 0.15) is 0 Å². The van der Waals surface area contributed by atoms with Crippen molar-refractivity contribution >= 4 is 66.8 Å². The van der Waals surface area contributed by atoms with Crippen LogP contribution in [-0.2, 0) is 0 Å². The minimum atomic E-state index is 0.773. The average molecular weight is 517 g/mol. The summed E-state index contributed by atoms with van der Waals surface area (Å²) in [6.45, 7) is 0. The van der Waals surface area contributed by atoms with Gasteiger partial charge in [-0.3, -0.25) is 9.80 Å². The first kappa shape index (κ1) is 22.5. The first-order chi connectivity index (χ1) is 19.9. The number of furan rings is 2. The molecule has 2 aromatic heterocycles. The maximum absolute atomic E-state index is 5.97. The first-order valence-electron chi connectivity index (χ1n) is 13.3. The van der Waals surface area contributed by atoms with E-state index in [4.69, 9.17) is 8.83 Å². The third-order valence-electron chi connectivity index (χ3n) is 7.54. The van der Waals surface area contributed by atoms with E-state index < -0.39 is 0 Å². The second-order valence-corrected chi connectivity index (χ2v) is 9.84. The molecular weight excluding hydrogens is 492 g/mol. The molecule has 6 aromatic carbocycles. The zero-order chi connectivity index (χ0) is 26.5. The number of nitrogens with zero attached hydrogens (tertiary/aromatic N) is 2. The Kier molecular flexibility index (Phi) is 5.10. The standard InChI is InChI=1S/C36H24N2O2/c1-3-13-27(14-4-1)37(33-19-9-21-39-33)31-23-25-11-8-18-30-32(24-26-12-7-17-29(31)35(26)36(25)30)38(34-20-10-22-40-34)28-15-5-2-6-16-28/h1-24H. The van der Waals surface area contributed by atoms with E-state index in [1.807, 2.05) is 36.4 Å². The quantitative estimate of drug-likeness (QED) is 0.206. The van der Waals surface area contributed by atoms with E-state index in [2.05, 4.69) is 107 Å². The van der Waals surface area contributed by atoms with Gasteiger partial charge in [-0.15, -0.1) is 0 Å². The molecular formula is C36H24N2O2. The van der Waals surface area contributed by atoms with E-state index >= 15 is 0 Å². The maximum atomic E-state index is 5.97. The number of hydrogen-bond acceptors (Lipinski definition) is 4. The van der Waals surface area contributed by atoms with Crippen molar-refractivity contribution in [3.05, 3.63) is 146 Å². The number of para-hydroxylation sites is 2. The summed E-state index contributed by atoms with van der Waals surface area (Å²) in [6.07, 6.45) is 3.45. The van der Waals surface area contributed by atoms with Crippen LogP contribution in [0.4, 0.5) is 34.5 Å². The molecule has 8 aromatic rings. The predicted octanol–water partition coefficient (Wildman–Crippen LogP) is 10.7. The van der Waals surface area contributed by atoms with Crippen molar-refractivity contribution in [2.24, 2.45) is 0 Å². The second-order valence-electron chi connectivity index (χ2n) is 9.84. The topological polar surface area (TPSA) is 32.8 Å². The predicted molar refractivity (Wildman–Crippen MR) is 164 cm³/mol. The molecule has 0 atom stereocenters. The van der Waals surface area contributed by atoms with Crippen LogP contribution in [0.15, 0.2) is 155 Å². The molecule has 4 heteroatoms. The minimum absolute atomic E-state index is 0.773. The molecule has 0 saturated heterocycles. The Morgan fingerprint density at radius 1 is 0.400 bits per heavy atom. The van der Waals surface area contributed by atoms with Gasteiger partial charge in [0.2, 0.25) is 11.8 Å². The summed E-state index contributed by atoms with van der Waals surface area (Å²) in [5, 5.41) is 7.12. The Bertz CT molecular complexity index is 1900. The highest BCUT2D eigenvalue weighted by Crippen LogP contribution is 2.48. The third kappa shape index (κ3) is 3.47. The van der Waals surface area contributed by atoms with Crippen LogP contribution >= 0.6 is 0 Å². The summed E-state index contributed by atoms with van der Waals surface area (Å²) in [7, 11) is 0. The van der Waals surface area contributed by atoms with Crippen molar-refractivity contribution in [3.8, 4) is 0 Å². The fourth-order valence-electron chi connectivity index (χ4n) is 5.90. The molecule has 190 valence electrons. The molecule has 2 heterocycles. The Morgan fingerprint density at radius 2 is 0.850 bits per heavy atom. The molecule has 0 amide bonds. The van der Waals surface area contributed by atoms with Gasteiger partial charge in [0.05, 0.1) is 23.9 Å². The highest BCUT2D eigenvalue weighted by Gasteiger charge is 2.24. The van der Waals surface area contributed by atoms with E-state index in [1.165, 1.54) is 10.8 Å². The molecule has 0 saturated carbocycles. The van der Waals surface area contributed by atoms with Crippen molar-refractivity contribution in [1.82, 2.24) is 0 Å². The van der Waals surface area contributed by atoms with Crippen molar-refractivity contribution in [3.63, 3.8) is 0 Å². The van der Waals surface area contributed by atoms with Crippen LogP contribution in [0.5, 0.6) is 0 Å². The van der Waals surface area contributed by atoms with Crippen LogP contribution in [-0.4, -0.2) is 0 Å². The van der Waals surface area contributed by atoms with Gasteiger partial charge >= 0.3 is 0 Å². The normalized spacial score (nSPS) is 11.5. The average Bonchev–Trinajstić information content (AvgIpc) is 3.74. The molecule has 0 aliphatic heterocycles. The molecule has 0 aliphatic carbocycles. The van der Waals surface area contributed by atoms with E-state index in [0.29, 0.717) is 0 Å². The number of benzene rings is 6. The molecule has 0 bridgehead atoms. The number of anilines is 6. The highest BCUT2D eigenvalue weighted by atomic mass is 16.3. The molecule has 4 nitrogen and oxygen atoms in total. The SMILES string of the molecule is c1ccc(N(c2ccco2)c2cc3cccc4c(N(c5ccccc5)c5ccco5)cc5cccc2c5c34)cc1. The van der Waals surface area contributed by atoms with Crippen molar-refractivity contribution < 1.29 is 8.83 Å². The summed E-state index contributed by atoms with van der Waals surface area (Å²) >= 11 is 0. The van der Waals surface area contributed by atoms with Gasteiger partial charge in [0.25, 0.3) is 0 Å². The van der Waals surface area contributed by atoms with Crippen molar-refractivity contribution in [2.45, 2.75) is 0 Å². The summed E-state index contributed by atoms with van der Waals surface area (Å²) in [5.74, 6) is 1.55. The van der Waals surface area contributed by atoms with E-state index in [9.17, 15) is 0 Å². The lowest BCUT2D eigenvalue weighted by molar-refractivity contribution is 0.574. The first-order valence-corrected chi connectivity index (χ1v) is 13.3. The Balaban J connectivity index is 1.45. The lowest BCUT2D eigenvalue weighted by atomic mass is 9.91. The number of hydrogen-bond donors (Lipinski definition) is 0. The number of rotatable bonds is 6. The van der Waals surface area contributed by atoms with Crippen LogP contribution in [0.2, 0.25) is 0 Å². The van der Waals surface area contributed by atoms with Crippen LogP contribution in [0.3, 0.4) is 0 Å².